The Morgan fingerprint density at radius 1 is 1.37 bits per heavy atom. The van der Waals surface area contributed by atoms with E-state index in [2.05, 4.69) is 43.0 Å². The quantitative estimate of drug-likeness (QED) is 0.849. The number of carbonyl (C=O) groups excluding carboxylic acids is 1. The zero-order valence-corrected chi connectivity index (χ0v) is 13.1. The lowest BCUT2D eigenvalue weighted by Gasteiger charge is -2.22. The van der Waals surface area contributed by atoms with Gasteiger partial charge in [-0.2, -0.15) is 0 Å². The number of carbonyl (C=O) groups is 1. The lowest BCUT2D eigenvalue weighted by Crippen LogP contribution is -2.19. The number of hydrogen-bond acceptors (Lipinski definition) is 3. The Balaban J connectivity index is 2.58. The predicted molar refractivity (Wildman–Crippen MR) is 78.5 cm³/mol. The molecule has 1 heterocycles. The van der Waals surface area contributed by atoms with E-state index in [0.29, 0.717) is 6.42 Å². The summed E-state index contributed by atoms with van der Waals surface area (Å²) < 4.78 is 0. The van der Waals surface area contributed by atoms with Crippen LogP contribution in [0.15, 0.2) is 6.33 Å². The maximum Gasteiger partial charge on any atom is 0.225 e. The van der Waals surface area contributed by atoms with E-state index in [4.69, 9.17) is 23.2 Å². The molecule has 1 amide bonds. The van der Waals surface area contributed by atoms with Gasteiger partial charge >= 0.3 is 0 Å². The Labute approximate surface area is 123 Å². The van der Waals surface area contributed by atoms with Crippen molar-refractivity contribution < 1.29 is 4.79 Å². The summed E-state index contributed by atoms with van der Waals surface area (Å²) in [5.41, 5.74) is 0.204. The highest BCUT2D eigenvalue weighted by Crippen LogP contribution is 2.28. The molecule has 0 bridgehead atoms. The number of nitrogens with zero attached hydrogens (tertiary/aromatic N) is 2. The average Bonchev–Trinajstić information content (AvgIpc) is 2.21. The van der Waals surface area contributed by atoms with E-state index in [1.165, 1.54) is 6.33 Å². The predicted octanol–water partition coefficient (Wildman–Crippen LogP) is 4.18. The van der Waals surface area contributed by atoms with Crippen LogP contribution in [0.5, 0.6) is 0 Å². The SMILES string of the molecule is CC(CC(=O)Nc1ncnc(Cl)c1Cl)CC(C)(C)C. The summed E-state index contributed by atoms with van der Waals surface area (Å²) in [6.45, 7) is 8.52. The molecule has 0 aliphatic rings. The summed E-state index contributed by atoms with van der Waals surface area (Å²) in [4.78, 5) is 19.5. The van der Waals surface area contributed by atoms with Gasteiger partial charge in [-0.05, 0) is 17.8 Å². The minimum atomic E-state index is -0.117. The van der Waals surface area contributed by atoms with E-state index in [1.54, 1.807) is 0 Å². The second-order valence-corrected chi connectivity index (χ2v) is 6.69. The second kappa shape index (κ2) is 6.53. The normalized spacial score (nSPS) is 13.2. The number of anilines is 1. The molecule has 0 saturated heterocycles. The first-order valence-electron chi connectivity index (χ1n) is 6.15. The first-order valence-corrected chi connectivity index (χ1v) is 6.90. The fraction of sp³-hybridized carbons (Fsp3) is 0.615. The fourth-order valence-electron chi connectivity index (χ4n) is 2.05. The maximum absolute atomic E-state index is 11.9. The molecule has 1 unspecified atom stereocenters. The van der Waals surface area contributed by atoms with Crippen molar-refractivity contribution in [1.82, 2.24) is 9.97 Å². The highest BCUT2D eigenvalue weighted by Gasteiger charge is 2.18. The number of nitrogens with one attached hydrogen (secondary N) is 1. The van der Waals surface area contributed by atoms with Crippen LogP contribution < -0.4 is 5.32 Å². The van der Waals surface area contributed by atoms with E-state index in [-0.39, 0.29) is 33.2 Å². The minimum absolute atomic E-state index is 0.117. The summed E-state index contributed by atoms with van der Waals surface area (Å²) in [7, 11) is 0. The molecule has 4 nitrogen and oxygen atoms in total. The summed E-state index contributed by atoms with van der Waals surface area (Å²) in [6.07, 6.45) is 2.66. The standard InChI is InChI=1S/C13H19Cl2N3O/c1-8(6-13(2,3)4)5-9(19)18-12-10(14)11(15)16-7-17-12/h7-8H,5-6H2,1-4H3,(H,16,17,18,19). The molecule has 1 aromatic heterocycles. The van der Waals surface area contributed by atoms with Gasteiger partial charge in [-0.3, -0.25) is 4.79 Å². The largest absolute Gasteiger partial charge is 0.309 e. The number of hydrogen-bond donors (Lipinski definition) is 1. The van der Waals surface area contributed by atoms with Gasteiger partial charge in [0.15, 0.2) is 11.0 Å². The van der Waals surface area contributed by atoms with Crippen LogP contribution in [0.4, 0.5) is 5.82 Å². The van der Waals surface area contributed by atoms with Gasteiger partial charge in [0, 0.05) is 6.42 Å². The first-order chi connectivity index (χ1) is 8.69. The van der Waals surface area contributed by atoms with Crippen molar-refractivity contribution in [2.45, 2.75) is 40.5 Å². The third-order valence-electron chi connectivity index (χ3n) is 2.50. The Hall–Kier alpha value is -0.870. The van der Waals surface area contributed by atoms with Gasteiger partial charge in [0.05, 0.1) is 0 Å². The molecule has 0 fully saturated rings. The van der Waals surface area contributed by atoms with Gasteiger partial charge in [-0.15, -0.1) is 0 Å². The molecular formula is C13H19Cl2N3O. The van der Waals surface area contributed by atoms with Crippen molar-refractivity contribution in [2.75, 3.05) is 5.32 Å². The maximum atomic E-state index is 11.9. The fourth-order valence-corrected chi connectivity index (χ4v) is 2.33. The topological polar surface area (TPSA) is 54.9 Å². The van der Waals surface area contributed by atoms with Crippen LogP contribution in [0.2, 0.25) is 10.2 Å². The lowest BCUT2D eigenvalue weighted by molar-refractivity contribution is -0.117. The molecule has 1 N–H and O–H groups in total. The van der Waals surface area contributed by atoms with Gasteiger partial charge in [0.25, 0.3) is 0 Å². The molecule has 6 heteroatoms. The van der Waals surface area contributed by atoms with Crippen LogP contribution in [0.1, 0.15) is 40.5 Å². The molecule has 0 aliphatic heterocycles. The summed E-state index contributed by atoms with van der Waals surface area (Å²) >= 11 is 11.7. The zero-order valence-electron chi connectivity index (χ0n) is 11.6. The highest BCUT2D eigenvalue weighted by atomic mass is 35.5. The van der Waals surface area contributed by atoms with E-state index in [0.717, 1.165) is 6.42 Å². The molecule has 0 aromatic carbocycles. The molecule has 1 rings (SSSR count). The van der Waals surface area contributed by atoms with Gasteiger partial charge in [-0.25, -0.2) is 9.97 Å². The van der Waals surface area contributed by atoms with Crippen molar-refractivity contribution in [3.05, 3.63) is 16.5 Å². The van der Waals surface area contributed by atoms with Crippen LogP contribution in [0, 0.1) is 11.3 Å². The summed E-state index contributed by atoms with van der Waals surface area (Å²) in [6, 6.07) is 0. The number of amides is 1. The molecule has 1 aromatic rings. The van der Waals surface area contributed by atoms with E-state index in [9.17, 15) is 4.79 Å². The Bertz CT molecular complexity index is 458. The molecule has 0 radical (unpaired) electrons. The average molecular weight is 304 g/mol. The van der Waals surface area contributed by atoms with Crippen molar-refractivity contribution in [1.29, 1.82) is 0 Å². The highest BCUT2D eigenvalue weighted by molar-refractivity contribution is 6.42. The van der Waals surface area contributed by atoms with Crippen LogP contribution in [-0.4, -0.2) is 15.9 Å². The smallest absolute Gasteiger partial charge is 0.225 e. The monoisotopic (exact) mass is 303 g/mol. The second-order valence-electron chi connectivity index (χ2n) is 5.95. The van der Waals surface area contributed by atoms with E-state index in [1.807, 2.05) is 0 Å². The molecule has 0 aliphatic carbocycles. The van der Waals surface area contributed by atoms with Crippen molar-refractivity contribution >= 4 is 34.9 Å². The Morgan fingerprint density at radius 3 is 2.58 bits per heavy atom. The molecular weight excluding hydrogens is 285 g/mol. The number of rotatable bonds is 4. The van der Waals surface area contributed by atoms with E-state index >= 15 is 0 Å². The van der Waals surface area contributed by atoms with Crippen LogP contribution >= 0.6 is 23.2 Å². The summed E-state index contributed by atoms with van der Waals surface area (Å²) in [5, 5.41) is 2.96. The van der Waals surface area contributed by atoms with Gasteiger partial charge in [0.2, 0.25) is 5.91 Å². The van der Waals surface area contributed by atoms with Gasteiger partial charge in [0.1, 0.15) is 11.3 Å². The molecule has 0 spiro atoms. The Morgan fingerprint density at radius 2 is 2.00 bits per heavy atom. The Kier molecular flexibility index (Phi) is 5.56. The number of halogens is 2. The number of aromatic nitrogens is 2. The van der Waals surface area contributed by atoms with Crippen molar-refractivity contribution in [3.8, 4) is 0 Å². The minimum Gasteiger partial charge on any atom is -0.309 e. The van der Waals surface area contributed by atoms with Gasteiger partial charge < -0.3 is 5.32 Å². The molecule has 106 valence electrons. The van der Waals surface area contributed by atoms with Gasteiger partial charge in [-0.1, -0.05) is 50.9 Å². The van der Waals surface area contributed by atoms with Crippen molar-refractivity contribution in [2.24, 2.45) is 11.3 Å². The molecule has 1 atom stereocenters. The third-order valence-corrected chi connectivity index (χ3v) is 3.24. The lowest BCUT2D eigenvalue weighted by atomic mass is 9.84. The third kappa shape index (κ3) is 5.74. The zero-order chi connectivity index (χ0) is 14.6. The molecule has 19 heavy (non-hydrogen) atoms. The first kappa shape index (κ1) is 16.2. The van der Waals surface area contributed by atoms with Crippen LogP contribution in [0.25, 0.3) is 0 Å². The van der Waals surface area contributed by atoms with Crippen LogP contribution in [0.3, 0.4) is 0 Å². The van der Waals surface area contributed by atoms with Crippen molar-refractivity contribution in [3.63, 3.8) is 0 Å². The summed E-state index contributed by atoms with van der Waals surface area (Å²) in [5.74, 6) is 0.430. The molecule has 0 saturated carbocycles. The van der Waals surface area contributed by atoms with Crippen LogP contribution in [-0.2, 0) is 4.79 Å². The van der Waals surface area contributed by atoms with E-state index < -0.39 is 0 Å².